The molecule has 1 aliphatic rings. The second-order valence-corrected chi connectivity index (χ2v) is 4.19. The Morgan fingerprint density at radius 3 is 2.87 bits per heavy atom. The lowest BCUT2D eigenvalue weighted by atomic mass is 10.2. The lowest BCUT2D eigenvalue weighted by Gasteiger charge is -2.20. The minimum Gasteiger partial charge on any atom is -0.330 e. The SMILES string of the molecule is CCN1C(=O)CSC1CC=C(C#N)C#N. The van der Waals surface area contributed by atoms with E-state index in [1.807, 2.05) is 19.1 Å². The molecule has 5 heteroatoms. The van der Waals surface area contributed by atoms with Gasteiger partial charge in [0.25, 0.3) is 0 Å². The van der Waals surface area contributed by atoms with Gasteiger partial charge in [0, 0.05) is 6.54 Å². The quantitative estimate of drug-likeness (QED) is 0.673. The van der Waals surface area contributed by atoms with E-state index in [-0.39, 0.29) is 16.9 Å². The largest absolute Gasteiger partial charge is 0.330 e. The van der Waals surface area contributed by atoms with Crippen LogP contribution in [-0.2, 0) is 4.79 Å². The molecule has 4 nitrogen and oxygen atoms in total. The maximum Gasteiger partial charge on any atom is 0.233 e. The lowest BCUT2D eigenvalue weighted by Crippen LogP contribution is -2.32. The van der Waals surface area contributed by atoms with Crippen molar-refractivity contribution in [1.29, 1.82) is 10.5 Å². The van der Waals surface area contributed by atoms with E-state index in [0.29, 0.717) is 18.7 Å². The van der Waals surface area contributed by atoms with Crippen LogP contribution in [-0.4, -0.2) is 28.5 Å². The molecule has 0 aliphatic carbocycles. The lowest BCUT2D eigenvalue weighted by molar-refractivity contribution is -0.127. The Morgan fingerprint density at radius 2 is 2.33 bits per heavy atom. The van der Waals surface area contributed by atoms with Crippen molar-refractivity contribution < 1.29 is 4.79 Å². The highest BCUT2D eigenvalue weighted by Crippen LogP contribution is 2.27. The Kier molecular flexibility index (Phi) is 4.20. The molecule has 0 radical (unpaired) electrons. The average molecular weight is 221 g/mol. The van der Waals surface area contributed by atoms with Gasteiger partial charge in [-0.2, -0.15) is 10.5 Å². The smallest absolute Gasteiger partial charge is 0.233 e. The van der Waals surface area contributed by atoms with Crippen molar-refractivity contribution in [3.8, 4) is 12.1 Å². The molecule has 1 fully saturated rings. The third kappa shape index (κ3) is 2.74. The number of nitriles is 2. The Hall–Kier alpha value is -1.46. The summed E-state index contributed by atoms with van der Waals surface area (Å²) in [7, 11) is 0. The zero-order valence-electron chi connectivity index (χ0n) is 8.43. The van der Waals surface area contributed by atoms with Gasteiger partial charge in [-0.25, -0.2) is 0 Å². The molecular formula is C10H11N3OS. The second-order valence-electron chi connectivity index (χ2n) is 3.02. The van der Waals surface area contributed by atoms with Crippen molar-refractivity contribution >= 4 is 17.7 Å². The summed E-state index contributed by atoms with van der Waals surface area (Å²) < 4.78 is 0. The molecule has 1 amide bonds. The van der Waals surface area contributed by atoms with E-state index >= 15 is 0 Å². The van der Waals surface area contributed by atoms with E-state index in [0.717, 1.165) is 0 Å². The van der Waals surface area contributed by atoms with Gasteiger partial charge in [-0.3, -0.25) is 4.79 Å². The van der Waals surface area contributed by atoms with E-state index in [9.17, 15) is 4.79 Å². The van der Waals surface area contributed by atoms with E-state index in [2.05, 4.69) is 0 Å². The van der Waals surface area contributed by atoms with Gasteiger partial charge in [-0.15, -0.1) is 11.8 Å². The zero-order valence-corrected chi connectivity index (χ0v) is 9.25. The van der Waals surface area contributed by atoms with Crippen molar-refractivity contribution in [1.82, 2.24) is 4.90 Å². The Balaban J connectivity index is 2.61. The molecule has 0 aromatic heterocycles. The van der Waals surface area contributed by atoms with Gasteiger partial charge < -0.3 is 4.90 Å². The van der Waals surface area contributed by atoms with Gasteiger partial charge in [-0.05, 0) is 13.3 Å². The van der Waals surface area contributed by atoms with Crippen molar-refractivity contribution in [3.05, 3.63) is 11.6 Å². The van der Waals surface area contributed by atoms with E-state index in [4.69, 9.17) is 10.5 Å². The molecule has 15 heavy (non-hydrogen) atoms. The molecule has 1 unspecified atom stereocenters. The zero-order chi connectivity index (χ0) is 11.3. The second kappa shape index (κ2) is 5.43. The maximum absolute atomic E-state index is 11.4. The summed E-state index contributed by atoms with van der Waals surface area (Å²) >= 11 is 1.56. The highest BCUT2D eigenvalue weighted by molar-refractivity contribution is 8.01. The first-order chi connectivity index (χ1) is 7.22. The molecule has 1 aliphatic heterocycles. The highest BCUT2D eigenvalue weighted by Gasteiger charge is 2.29. The molecule has 1 atom stereocenters. The molecule has 78 valence electrons. The minimum absolute atomic E-state index is 0.0826. The van der Waals surface area contributed by atoms with Crippen molar-refractivity contribution in [2.24, 2.45) is 0 Å². The summed E-state index contributed by atoms with van der Waals surface area (Å²) in [6.07, 6.45) is 2.17. The van der Waals surface area contributed by atoms with Crippen LogP contribution in [0, 0.1) is 22.7 Å². The van der Waals surface area contributed by atoms with Crippen molar-refractivity contribution in [3.63, 3.8) is 0 Å². The number of carbonyl (C=O) groups is 1. The predicted molar refractivity (Wildman–Crippen MR) is 57.6 cm³/mol. The number of thioether (sulfide) groups is 1. The first-order valence-electron chi connectivity index (χ1n) is 4.64. The van der Waals surface area contributed by atoms with Crippen LogP contribution in [0.3, 0.4) is 0 Å². The fourth-order valence-corrected chi connectivity index (χ4v) is 2.59. The van der Waals surface area contributed by atoms with Crippen LogP contribution in [0.4, 0.5) is 0 Å². The number of amides is 1. The summed E-state index contributed by atoms with van der Waals surface area (Å²) in [5, 5.41) is 17.2. The summed E-state index contributed by atoms with van der Waals surface area (Å²) in [5.74, 6) is 0.636. The van der Waals surface area contributed by atoms with Crippen molar-refractivity contribution in [2.45, 2.75) is 18.7 Å². The van der Waals surface area contributed by atoms with Crippen LogP contribution in [0.1, 0.15) is 13.3 Å². The standard InChI is InChI=1S/C10H11N3OS/c1-2-13-9(14)7-15-10(13)4-3-8(5-11)6-12/h3,10H,2,4,7H2,1H3. The Morgan fingerprint density at radius 1 is 1.67 bits per heavy atom. The van der Waals surface area contributed by atoms with E-state index in [1.54, 1.807) is 22.7 Å². The molecule has 1 heterocycles. The number of nitrogens with zero attached hydrogens (tertiary/aromatic N) is 3. The number of carbonyl (C=O) groups excluding carboxylic acids is 1. The maximum atomic E-state index is 11.4. The third-order valence-corrected chi connectivity index (χ3v) is 3.42. The van der Waals surface area contributed by atoms with Gasteiger partial charge in [0.15, 0.2) is 0 Å². The summed E-state index contributed by atoms with van der Waals surface area (Å²) in [6, 6.07) is 3.61. The molecule has 0 N–H and O–H groups in total. The fourth-order valence-electron chi connectivity index (χ4n) is 1.41. The number of rotatable bonds is 3. The molecular weight excluding hydrogens is 210 g/mol. The first kappa shape index (κ1) is 11.6. The van der Waals surface area contributed by atoms with Crippen LogP contribution >= 0.6 is 11.8 Å². The number of allylic oxidation sites excluding steroid dienone is 1. The number of hydrogen-bond acceptors (Lipinski definition) is 4. The Bertz CT molecular complexity index is 348. The normalized spacial score (nSPS) is 19.5. The average Bonchev–Trinajstić information content (AvgIpc) is 2.61. The molecule has 0 spiro atoms. The summed E-state index contributed by atoms with van der Waals surface area (Å²) in [5.41, 5.74) is 0.117. The minimum atomic E-state index is 0.0826. The van der Waals surface area contributed by atoms with Crippen molar-refractivity contribution in [2.75, 3.05) is 12.3 Å². The van der Waals surface area contributed by atoms with Gasteiger partial charge in [0.1, 0.15) is 17.7 Å². The fraction of sp³-hybridized carbons (Fsp3) is 0.500. The van der Waals surface area contributed by atoms with Gasteiger partial charge >= 0.3 is 0 Å². The molecule has 0 bridgehead atoms. The number of hydrogen-bond donors (Lipinski definition) is 0. The van der Waals surface area contributed by atoms with Crippen LogP contribution in [0.25, 0.3) is 0 Å². The monoisotopic (exact) mass is 221 g/mol. The van der Waals surface area contributed by atoms with Crippen LogP contribution < -0.4 is 0 Å². The van der Waals surface area contributed by atoms with Gasteiger partial charge in [0.05, 0.1) is 11.1 Å². The first-order valence-corrected chi connectivity index (χ1v) is 5.69. The van der Waals surface area contributed by atoms with Crippen LogP contribution in [0.15, 0.2) is 11.6 Å². The molecule has 0 aromatic rings. The highest BCUT2D eigenvalue weighted by atomic mass is 32.2. The summed E-state index contributed by atoms with van der Waals surface area (Å²) in [4.78, 5) is 13.1. The van der Waals surface area contributed by atoms with E-state index in [1.165, 1.54) is 0 Å². The topological polar surface area (TPSA) is 67.9 Å². The van der Waals surface area contributed by atoms with E-state index < -0.39 is 0 Å². The van der Waals surface area contributed by atoms with Crippen LogP contribution in [0.2, 0.25) is 0 Å². The molecule has 1 rings (SSSR count). The van der Waals surface area contributed by atoms with Gasteiger partial charge in [-0.1, -0.05) is 6.08 Å². The predicted octanol–water partition coefficient (Wildman–Crippen LogP) is 1.27. The summed E-state index contributed by atoms with van der Waals surface area (Å²) in [6.45, 7) is 2.61. The molecule has 1 saturated heterocycles. The third-order valence-electron chi connectivity index (χ3n) is 2.17. The van der Waals surface area contributed by atoms with Gasteiger partial charge in [0.2, 0.25) is 5.91 Å². The Labute approximate surface area is 93.2 Å². The van der Waals surface area contributed by atoms with Crippen LogP contribution in [0.5, 0.6) is 0 Å². The molecule has 0 aromatic carbocycles. The molecule has 0 saturated carbocycles.